The van der Waals surface area contributed by atoms with Crippen molar-refractivity contribution in [3.05, 3.63) is 76.1 Å². The molecule has 0 bridgehead atoms. The molecule has 2 aromatic carbocycles. The number of methoxy groups -OCH3 is 1. The molecule has 31 heavy (non-hydrogen) atoms. The summed E-state index contributed by atoms with van der Waals surface area (Å²) in [4.78, 5) is 4.47. The van der Waals surface area contributed by atoms with Crippen LogP contribution in [0.15, 0.2) is 48.5 Å². The van der Waals surface area contributed by atoms with Crippen LogP contribution >= 0.6 is 11.6 Å². The number of nitrogens with one attached hydrogen (secondary N) is 1. The molecule has 0 fully saturated rings. The first-order chi connectivity index (χ1) is 15.1. The van der Waals surface area contributed by atoms with E-state index in [0.29, 0.717) is 29.9 Å². The number of halogens is 2. The molecule has 7 heteroatoms. The molecule has 0 saturated carbocycles. The van der Waals surface area contributed by atoms with Crippen molar-refractivity contribution in [1.82, 2.24) is 10.3 Å². The van der Waals surface area contributed by atoms with Crippen molar-refractivity contribution >= 4 is 11.6 Å². The van der Waals surface area contributed by atoms with Crippen molar-refractivity contribution in [2.75, 3.05) is 20.3 Å². The van der Waals surface area contributed by atoms with Gasteiger partial charge in [-0.2, -0.15) is 4.98 Å². The highest BCUT2D eigenvalue weighted by atomic mass is 35.5. The Morgan fingerprint density at radius 1 is 1.19 bits per heavy atom. The number of hydrogen-bond donors (Lipinski definition) is 2. The van der Waals surface area contributed by atoms with Crippen molar-refractivity contribution in [1.29, 1.82) is 0 Å². The first kappa shape index (κ1) is 21.6. The smallest absolute Gasteiger partial charge is 0.236 e. The second-order valence-electron chi connectivity index (χ2n) is 7.37. The Bertz CT molecular complexity index is 1080. The van der Waals surface area contributed by atoms with Crippen LogP contribution in [-0.4, -0.2) is 30.4 Å². The van der Waals surface area contributed by atoms with E-state index in [1.165, 1.54) is 6.07 Å². The summed E-state index contributed by atoms with van der Waals surface area (Å²) < 4.78 is 25.4. The topological polar surface area (TPSA) is 63.6 Å². The number of benzene rings is 2. The Morgan fingerprint density at radius 3 is 2.81 bits per heavy atom. The average molecular weight is 443 g/mol. The molecular formula is C24H24ClFN2O3. The number of fused-ring (bicyclic) bond motifs is 1. The average Bonchev–Trinajstić information content (AvgIpc) is 3.18. The first-order valence-corrected chi connectivity index (χ1v) is 10.6. The van der Waals surface area contributed by atoms with Gasteiger partial charge in [0, 0.05) is 18.7 Å². The summed E-state index contributed by atoms with van der Waals surface area (Å²) >= 11 is 6.46. The molecule has 0 amide bonds. The maximum atomic E-state index is 13.7. The van der Waals surface area contributed by atoms with Crippen LogP contribution in [0.2, 0.25) is 5.02 Å². The van der Waals surface area contributed by atoms with E-state index >= 15 is 0 Å². The van der Waals surface area contributed by atoms with Crippen LogP contribution in [0, 0.1) is 5.82 Å². The quantitative estimate of drug-likeness (QED) is 0.495. The number of pyridine rings is 1. The van der Waals surface area contributed by atoms with E-state index in [0.717, 1.165) is 40.7 Å². The molecule has 162 valence electrons. The molecule has 0 radical (unpaired) electrons. The molecule has 1 heterocycles. The summed E-state index contributed by atoms with van der Waals surface area (Å²) in [6.07, 6.45) is 1.41. The zero-order valence-corrected chi connectivity index (χ0v) is 18.0. The van der Waals surface area contributed by atoms with Gasteiger partial charge < -0.3 is 19.9 Å². The van der Waals surface area contributed by atoms with Crippen LogP contribution in [0.25, 0.3) is 11.1 Å². The largest absolute Gasteiger partial charge is 0.481 e. The Hall–Kier alpha value is -2.67. The van der Waals surface area contributed by atoms with Crippen molar-refractivity contribution < 1.29 is 19.0 Å². The molecule has 4 rings (SSSR count). The maximum absolute atomic E-state index is 13.7. The monoisotopic (exact) mass is 442 g/mol. The van der Waals surface area contributed by atoms with Gasteiger partial charge in [0.05, 0.1) is 13.7 Å². The molecule has 2 N–H and O–H groups in total. The lowest BCUT2D eigenvalue weighted by atomic mass is 9.96. The van der Waals surface area contributed by atoms with Crippen molar-refractivity contribution in [2.45, 2.75) is 25.5 Å². The summed E-state index contributed by atoms with van der Waals surface area (Å²) in [6, 6.07) is 14.4. The van der Waals surface area contributed by atoms with Gasteiger partial charge in [0.1, 0.15) is 16.9 Å². The fourth-order valence-electron chi connectivity index (χ4n) is 3.98. The number of nitrogens with zero attached hydrogens (tertiary/aromatic N) is 1. The molecular weight excluding hydrogens is 419 g/mol. The Morgan fingerprint density at radius 2 is 2.03 bits per heavy atom. The molecule has 0 saturated heterocycles. The summed E-state index contributed by atoms with van der Waals surface area (Å²) in [5.41, 5.74) is 4.88. The SMILES string of the molecule is COc1nc(O[C@H]2CCc3c(-c4cccc(F)c4)cccc32)c(Cl)cc1CNCCO. The fourth-order valence-corrected chi connectivity index (χ4v) is 4.20. The van der Waals surface area contributed by atoms with E-state index in [1.807, 2.05) is 24.3 Å². The highest BCUT2D eigenvalue weighted by Gasteiger charge is 2.28. The predicted octanol–water partition coefficient (Wildman–Crippen LogP) is 4.70. The normalized spacial score (nSPS) is 15.0. The molecule has 3 aromatic rings. The molecule has 1 aromatic heterocycles. The van der Waals surface area contributed by atoms with Gasteiger partial charge in [0.25, 0.3) is 0 Å². The number of hydrogen-bond acceptors (Lipinski definition) is 5. The van der Waals surface area contributed by atoms with E-state index < -0.39 is 0 Å². The predicted molar refractivity (Wildman–Crippen MR) is 118 cm³/mol. The standard InChI is InChI=1S/C24H24ClFN2O3/c1-30-23-16(14-27-10-11-29)13-21(25)24(28-23)31-22-9-8-19-18(6-3-7-20(19)22)15-4-2-5-17(26)12-15/h2-7,12-13,22,27,29H,8-11,14H2,1H3/t22-/m0/s1. The minimum absolute atomic E-state index is 0.0450. The van der Waals surface area contributed by atoms with Crippen molar-refractivity contribution in [3.63, 3.8) is 0 Å². The van der Waals surface area contributed by atoms with Crippen LogP contribution in [0.5, 0.6) is 11.8 Å². The zero-order valence-electron chi connectivity index (χ0n) is 17.2. The third-order valence-electron chi connectivity index (χ3n) is 5.39. The van der Waals surface area contributed by atoms with Crippen LogP contribution in [-0.2, 0) is 13.0 Å². The molecule has 0 unspecified atom stereocenters. The van der Waals surface area contributed by atoms with Gasteiger partial charge in [-0.05, 0) is 53.3 Å². The van der Waals surface area contributed by atoms with Crippen LogP contribution in [0.4, 0.5) is 4.39 Å². The number of aliphatic hydroxyl groups is 1. The number of aliphatic hydroxyl groups excluding tert-OH is 1. The molecule has 5 nitrogen and oxygen atoms in total. The van der Waals surface area contributed by atoms with E-state index in [4.69, 9.17) is 26.2 Å². The second-order valence-corrected chi connectivity index (χ2v) is 7.78. The number of ether oxygens (including phenoxy) is 2. The van der Waals surface area contributed by atoms with Gasteiger partial charge >= 0.3 is 0 Å². The summed E-state index contributed by atoms with van der Waals surface area (Å²) in [5.74, 6) is 0.493. The lowest BCUT2D eigenvalue weighted by Crippen LogP contribution is -2.18. The Balaban J connectivity index is 1.59. The number of rotatable bonds is 8. The minimum Gasteiger partial charge on any atom is -0.481 e. The highest BCUT2D eigenvalue weighted by Crippen LogP contribution is 2.41. The lowest BCUT2D eigenvalue weighted by molar-refractivity contribution is 0.196. The van der Waals surface area contributed by atoms with Gasteiger partial charge in [0.15, 0.2) is 0 Å². The van der Waals surface area contributed by atoms with Crippen LogP contribution in [0.1, 0.15) is 29.2 Å². The Labute approximate surface area is 185 Å². The zero-order chi connectivity index (χ0) is 21.8. The second kappa shape index (κ2) is 9.64. The summed E-state index contributed by atoms with van der Waals surface area (Å²) in [5, 5.41) is 12.4. The van der Waals surface area contributed by atoms with Gasteiger partial charge in [-0.15, -0.1) is 0 Å². The maximum Gasteiger partial charge on any atom is 0.236 e. The Kier molecular flexibility index (Phi) is 6.70. The molecule has 0 aliphatic heterocycles. The van der Waals surface area contributed by atoms with Gasteiger partial charge in [-0.1, -0.05) is 41.9 Å². The number of aromatic nitrogens is 1. The van der Waals surface area contributed by atoms with Crippen molar-refractivity contribution in [2.24, 2.45) is 0 Å². The van der Waals surface area contributed by atoms with Gasteiger partial charge in [-0.3, -0.25) is 0 Å². The van der Waals surface area contributed by atoms with Gasteiger partial charge in [0.2, 0.25) is 11.8 Å². The van der Waals surface area contributed by atoms with Crippen molar-refractivity contribution in [3.8, 4) is 22.9 Å². The van der Waals surface area contributed by atoms with E-state index in [1.54, 1.807) is 25.3 Å². The molecule has 1 aliphatic carbocycles. The third kappa shape index (κ3) is 4.66. The van der Waals surface area contributed by atoms with Gasteiger partial charge in [-0.25, -0.2) is 4.39 Å². The highest BCUT2D eigenvalue weighted by molar-refractivity contribution is 6.31. The minimum atomic E-state index is -0.252. The molecule has 1 atom stereocenters. The fraction of sp³-hybridized carbons (Fsp3) is 0.292. The summed E-state index contributed by atoms with van der Waals surface area (Å²) in [6.45, 7) is 0.981. The molecule has 1 aliphatic rings. The lowest BCUT2D eigenvalue weighted by Gasteiger charge is -2.18. The van der Waals surface area contributed by atoms with E-state index in [2.05, 4.69) is 10.3 Å². The van der Waals surface area contributed by atoms with Crippen LogP contribution < -0.4 is 14.8 Å². The first-order valence-electron chi connectivity index (χ1n) is 10.2. The van der Waals surface area contributed by atoms with E-state index in [-0.39, 0.29) is 18.5 Å². The summed E-state index contributed by atoms with van der Waals surface area (Å²) in [7, 11) is 1.55. The van der Waals surface area contributed by atoms with E-state index in [9.17, 15) is 4.39 Å². The third-order valence-corrected chi connectivity index (χ3v) is 5.66. The molecule has 0 spiro atoms. The van der Waals surface area contributed by atoms with Crippen LogP contribution in [0.3, 0.4) is 0 Å².